The second-order valence-corrected chi connectivity index (χ2v) is 33.7. The van der Waals surface area contributed by atoms with Gasteiger partial charge in [-0.05, 0) is 5.92 Å². The normalized spacial score (nSPS) is 51.1. The fraction of sp³-hybridized carbons (Fsp3) is 0.973. The van der Waals surface area contributed by atoms with Gasteiger partial charge in [-0.15, -0.1) is 0 Å². The van der Waals surface area contributed by atoms with E-state index in [1.807, 2.05) is 0 Å². The van der Waals surface area contributed by atoms with Gasteiger partial charge in [0.05, 0.1) is 84.8 Å². The quantitative estimate of drug-likeness (QED) is 0.0284. The first kappa shape index (κ1) is 107. The highest BCUT2D eigenvalue weighted by atomic mass is 16.8. The highest BCUT2D eigenvalue weighted by Gasteiger charge is 2.63. The number of carbonyl (C=O) groups is 2. The number of rotatable bonds is 34. The Labute approximate surface area is 736 Å². The minimum absolute atomic E-state index is 0.449. The molecule has 11 heterocycles. The van der Waals surface area contributed by atoms with E-state index in [2.05, 4.69) is 10.6 Å². The molecule has 0 spiro atoms. The lowest BCUT2D eigenvalue weighted by Gasteiger charge is -2.51. The highest BCUT2D eigenvalue weighted by molar-refractivity contribution is 5.73. The Hall–Kier alpha value is -3.18. The van der Waals surface area contributed by atoms with Crippen molar-refractivity contribution in [1.29, 1.82) is 0 Å². The summed E-state index contributed by atoms with van der Waals surface area (Å²) < 4.78 is 125. The van der Waals surface area contributed by atoms with Crippen LogP contribution in [-0.2, 0) is 109 Å². The van der Waals surface area contributed by atoms with Gasteiger partial charge >= 0.3 is 0 Å². The van der Waals surface area contributed by atoms with Crippen molar-refractivity contribution in [3.63, 3.8) is 0 Å². The molecule has 57 heteroatoms. The molecule has 55 atom stereocenters. The molecule has 57 nitrogen and oxygen atoms in total. The molecule has 11 rings (SSSR count). The molecular formula is C73H124N2O55. The standard InChI is InChI=1S/C73H124N2O55/c1-16(2)55-30(74-17(3)85)41(96)56(26(12-83)112-55)123-64-31(75-18(4)86)42(97)57(27(13-84)120-64)124-69-54(109)59(126-72-63(49(104)38(93)24(10-81)118-72)130-73-62(48(103)37(92)25(11-82)119-73)129-68-52(107)45(100)34(89)21(7-78)115-68)40(95)29(122-69)14-110-65-53(108)58(125-71-61(47(102)36(91)23(9-80)117-71)128-67-51(106)44(99)33(88)20(6-77)114-67)39(94)28(121-65)15-111-70-60(46(101)35(90)22(8-79)116-70)127-66-50(105)43(98)32(87)19(5-76)113-66/h16,19-73,76-84,87-109H,5-15H2,1-4H3,(H,74,85)(H,75,86). The molecule has 0 aromatic carbocycles. The van der Waals surface area contributed by atoms with Gasteiger partial charge in [0, 0.05) is 13.8 Å². The van der Waals surface area contributed by atoms with E-state index in [-0.39, 0.29) is 0 Å². The van der Waals surface area contributed by atoms with Crippen molar-refractivity contribution in [2.24, 2.45) is 5.92 Å². The molecule has 0 bridgehead atoms. The topological polar surface area (TPSA) is 899 Å². The predicted octanol–water partition coefficient (Wildman–Crippen LogP) is -23.0. The summed E-state index contributed by atoms with van der Waals surface area (Å²) in [6.07, 6.45) is -115. The van der Waals surface area contributed by atoms with Crippen LogP contribution in [0.1, 0.15) is 27.7 Å². The van der Waals surface area contributed by atoms with E-state index >= 15 is 0 Å². The average Bonchev–Trinajstić information content (AvgIpc) is 0.761. The van der Waals surface area contributed by atoms with E-state index in [0.29, 0.717) is 0 Å². The monoisotopic (exact) mass is 1910 g/mol. The Kier molecular flexibility index (Phi) is 38.5. The van der Waals surface area contributed by atoms with Crippen molar-refractivity contribution in [1.82, 2.24) is 10.6 Å². The summed E-state index contributed by atoms with van der Waals surface area (Å²) in [5, 5.41) is 364. The second-order valence-electron chi connectivity index (χ2n) is 33.7. The summed E-state index contributed by atoms with van der Waals surface area (Å²) in [6, 6.07) is -3.22. The number of ether oxygens (including phenoxy) is 21. The number of hydrogen-bond acceptors (Lipinski definition) is 55. The maximum Gasteiger partial charge on any atom is 0.217 e. The van der Waals surface area contributed by atoms with Crippen LogP contribution in [0.4, 0.5) is 0 Å². The zero-order valence-corrected chi connectivity index (χ0v) is 69.8. The van der Waals surface area contributed by atoms with E-state index in [4.69, 9.17) is 99.5 Å². The Morgan fingerprint density at radius 2 is 0.454 bits per heavy atom. The summed E-state index contributed by atoms with van der Waals surface area (Å²) in [5.41, 5.74) is 0. The van der Waals surface area contributed by atoms with E-state index in [0.717, 1.165) is 13.8 Å². The second kappa shape index (κ2) is 46.7. The Balaban J connectivity index is 0.964. The number of aliphatic hydroxyl groups excluding tert-OH is 32. The molecule has 11 aliphatic heterocycles. The molecule has 0 radical (unpaired) electrons. The third-order valence-electron chi connectivity index (χ3n) is 24.5. The largest absolute Gasteiger partial charge is 0.394 e. The van der Waals surface area contributed by atoms with Crippen LogP contribution >= 0.6 is 0 Å². The van der Waals surface area contributed by atoms with Crippen LogP contribution < -0.4 is 10.6 Å². The van der Waals surface area contributed by atoms with Crippen molar-refractivity contribution in [2.45, 2.75) is 365 Å². The lowest BCUT2D eigenvalue weighted by Crippen LogP contribution is -2.71. The molecule has 0 aromatic rings. The molecule has 0 saturated carbocycles. The van der Waals surface area contributed by atoms with Crippen LogP contribution in [0.25, 0.3) is 0 Å². The molecule has 11 saturated heterocycles. The van der Waals surface area contributed by atoms with Crippen LogP contribution in [0.2, 0.25) is 0 Å². The molecule has 756 valence electrons. The highest BCUT2D eigenvalue weighted by Crippen LogP contribution is 2.42. The number of amides is 2. The number of carbonyl (C=O) groups excluding carboxylic acids is 2. The summed E-state index contributed by atoms with van der Waals surface area (Å²) in [7, 11) is 0. The number of aliphatic hydroxyl groups is 32. The molecule has 2 amide bonds. The van der Waals surface area contributed by atoms with Gasteiger partial charge < -0.3 is 274 Å². The Bertz CT molecular complexity index is 3440. The maximum absolute atomic E-state index is 13.2. The van der Waals surface area contributed by atoms with Crippen molar-refractivity contribution in [3.05, 3.63) is 0 Å². The van der Waals surface area contributed by atoms with E-state index in [1.54, 1.807) is 13.8 Å². The van der Waals surface area contributed by atoms with Crippen molar-refractivity contribution < 1.29 is 272 Å². The molecule has 0 aliphatic carbocycles. The fourth-order valence-corrected chi connectivity index (χ4v) is 17.1. The molecule has 0 aromatic heterocycles. The molecule has 34 N–H and O–H groups in total. The third kappa shape index (κ3) is 22.9. The van der Waals surface area contributed by atoms with Crippen molar-refractivity contribution in [2.75, 3.05) is 72.7 Å². The van der Waals surface area contributed by atoms with E-state index in [9.17, 15) is 173 Å². The fourth-order valence-electron chi connectivity index (χ4n) is 17.1. The van der Waals surface area contributed by atoms with Gasteiger partial charge in [-0.25, -0.2) is 0 Å². The van der Waals surface area contributed by atoms with Gasteiger partial charge in [-0.2, -0.15) is 0 Å². The lowest BCUT2D eigenvalue weighted by molar-refractivity contribution is -0.408. The minimum Gasteiger partial charge on any atom is -0.394 e. The van der Waals surface area contributed by atoms with E-state index < -0.39 is 428 Å². The van der Waals surface area contributed by atoms with Gasteiger partial charge in [-0.1, -0.05) is 13.8 Å². The van der Waals surface area contributed by atoms with Crippen LogP contribution in [-0.4, -0.2) is 585 Å². The smallest absolute Gasteiger partial charge is 0.217 e. The summed E-state index contributed by atoms with van der Waals surface area (Å²) in [5.74, 6) is -2.06. The zero-order valence-electron chi connectivity index (χ0n) is 69.8. The number of nitrogens with one attached hydrogen (secondary N) is 2. The van der Waals surface area contributed by atoms with Crippen LogP contribution in [0.3, 0.4) is 0 Å². The van der Waals surface area contributed by atoms with Gasteiger partial charge in [0.1, 0.15) is 262 Å². The predicted molar refractivity (Wildman–Crippen MR) is 398 cm³/mol. The van der Waals surface area contributed by atoms with Gasteiger partial charge in [0.25, 0.3) is 0 Å². The Morgan fingerprint density at radius 1 is 0.223 bits per heavy atom. The molecule has 11 aliphatic rings. The van der Waals surface area contributed by atoms with Gasteiger partial charge in [0.2, 0.25) is 11.8 Å². The Morgan fingerprint density at radius 3 is 0.792 bits per heavy atom. The SMILES string of the molecule is CC(=O)NC1C(OC2C(CO)OC(C(C)C)C(NC(C)=O)C2O)OC(CO)C(OC2OC(COC3OC(COC4OC(CO)C(O)C(O)C4OC4OC(CO)C(O)C(O)C4O)C(O)C(OC4OC(CO)C(O)C(O)C4OC4OC(CO)C(O)C(O)C4O)C3O)C(O)C(OC3OC(CO)C(O)C(O)C3OC3OC(CO)C(O)C(O)C3OC3OC(CO)C(O)C(O)C3O)C2O)C1O. The van der Waals surface area contributed by atoms with Crippen LogP contribution in [0.5, 0.6) is 0 Å². The summed E-state index contributed by atoms with van der Waals surface area (Å²) in [4.78, 5) is 25.8. The maximum atomic E-state index is 13.2. The van der Waals surface area contributed by atoms with Crippen LogP contribution in [0, 0.1) is 5.92 Å². The first-order chi connectivity index (χ1) is 61.6. The lowest BCUT2D eigenvalue weighted by atomic mass is 9.87. The zero-order chi connectivity index (χ0) is 95.5. The van der Waals surface area contributed by atoms with Crippen molar-refractivity contribution >= 4 is 11.8 Å². The molecule has 55 unspecified atom stereocenters. The summed E-state index contributed by atoms with van der Waals surface area (Å²) >= 11 is 0. The average molecular weight is 1910 g/mol. The first-order valence-corrected chi connectivity index (χ1v) is 41.9. The first-order valence-electron chi connectivity index (χ1n) is 41.9. The minimum atomic E-state index is -2.67. The van der Waals surface area contributed by atoms with E-state index in [1.165, 1.54) is 0 Å². The van der Waals surface area contributed by atoms with Gasteiger partial charge in [-0.3, -0.25) is 9.59 Å². The van der Waals surface area contributed by atoms with Crippen molar-refractivity contribution in [3.8, 4) is 0 Å². The molecule has 130 heavy (non-hydrogen) atoms. The van der Waals surface area contributed by atoms with Gasteiger partial charge in [0.15, 0.2) is 62.9 Å². The van der Waals surface area contributed by atoms with Crippen LogP contribution in [0.15, 0.2) is 0 Å². The molecular weight excluding hydrogens is 1780 g/mol. The third-order valence-corrected chi connectivity index (χ3v) is 24.5. The summed E-state index contributed by atoms with van der Waals surface area (Å²) in [6.45, 7) is -7.13. The number of hydrogen-bond donors (Lipinski definition) is 34. The molecule has 11 fully saturated rings.